The summed E-state index contributed by atoms with van der Waals surface area (Å²) in [5.74, 6) is 0.192. The highest BCUT2D eigenvalue weighted by Gasteiger charge is 2.16. The lowest BCUT2D eigenvalue weighted by atomic mass is 9.84. The normalized spacial score (nSPS) is 11.2. The van der Waals surface area contributed by atoms with Crippen LogP contribution in [0.4, 0.5) is 11.4 Å². The molecule has 0 aliphatic rings. The predicted molar refractivity (Wildman–Crippen MR) is 103 cm³/mol. The van der Waals surface area contributed by atoms with E-state index in [2.05, 4.69) is 30.8 Å². The van der Waals surface area contributed by atoms with Crippen molar-refractivity contribution >= 4 is 11.4 Å². The van der Waals surface area contributed by atoms with Gasteiger partial charge < -0.3 is 16.2 Å². The maximum Gasteiger partial charge on any atom is 0.0827 e. The van der Waals surface area contributed by atoms with Crippen molar-refractivity contribution in [2.45, 2.75) is 26.2 Å². The molecule has 2 aromatic rings. The molecule has 3 nitrogen and oxygen atoms in total. The molecule has 2 aromatic carbocycles. The van der Waals surface area contributed by atoms with E-state index >= 15 is 0 Å². The molecule has 3 heteroatoms. The molecule has 0 bridgehead atoms. The van der Waals surface area contributed by atoms with Gasteiger partial charge in [-0.3, -0.25) is 0 Å². The van der Waals surface area contributed by atoms with Crippen LogP contribution < -0.4 is 11.5 Å². The van der Waals surface area contributed by atoms with E-state index < -0.39 is 0 Å². The molecular formula is C21H26N2O. The predicted octanol–water partition coefficient (Wildman–Crippen LogP) is 4.71. The fourth-order valence-electron chi connectivity index (χ4n) is 2.75. The van der Waals surface area contributed by atoms with Crippen molar-refractivity contribution in [3.8, 4) is 0 Å². The van der Waals surface area contributed by atoms with Gasteiger partial charge in [-0.25, -0.2) is 0 Å². The van der Waals surface area contributed by atoms with Gasteiger partial charge in [-0.1, -0.05) is 36.4 Å². The van der Waals surface area contributed by atoms with E-state index in [-0.39, 0.29) is 5.92 Å². The van der Waals surface area contributed by atoms with Crippen LogP contribution in [0, 0.1) is 13.8 Å². The third-order valence-electron chi connectivity index (χ3n) is 4.30. The minimum atomic E-state index is 0.192. The molecule has 4 N–H and O–H groups in total. The summed E-state index contributed by atoms with van der Waals surface area (Å²) in [5.41, 5.74) is 19.2. The molecule has 0 aliphatic heterocycles. The summed E-state index contributed by atoms with van der Waals surface area (Å²) in [4.78, 5) is 0. The van der Waals surface area contributed by atoms with Gasteiger partial charge in [-0.15, -0.1) is 0 Å². The van der Waals surface area contributed by atoms with Gasteiger partial charge >= 0.3 is 0 Å². The van der Waals surface area contributed by atoms with Crippen molar-refractivity contribution in [1.82, 2.24) is 0 Å². The number of nitrogen functional groups attached to an aromatic ring is 2. The highest BCUT2D eigenvalue weighted by atomic mass is 16.5. The lowest BCUT2D eigenvalue weighted by Gasteiger charge is -2.20. The first-order valence-corrected chi connectivity index (χ1v) is 8.01. The van der Waals surface area contributed by atoms with Crippen molar-refractivity contribution in [2.75, 3.05) is 18.6 Å². The van der Waals surface area contributed by atoms with Crippen LogP contribution in [0.2, 0.25) is 0 Å². The third kappa shape index (κ3) is 4.19. The number of allylic oxidation sites excluding steroid dienone is 2. The van der Waals surface area contributed by atoms with E-state index in [1.807, 2.05) is 32.1 Å². The summed E-state index contributed by atoms with van der Waals surface area (Å²) >= 11 is 0. The molecule has 0 radical (unpaired) electrons. The standard InChI is InChI=1S/C21H26N2O/c1-14(9-10-24-4)11-19(17-5-7-20(22)15(2)12-17)18-6-8-21(23)16(3)13-18/h5-10,12-13,19H,1,11,22-23H2,2-4H3/b10-9-. The Balaban J connectivity index is 2.43. The van der Waals surface area contributed by atoms with Crippen LogP contribution >= 0.6 is 0 Å². The highest BCUT2D eigenvalue weighted by Crippen LogP contribution is 2.33. The van der Waals surface area contributed by atoms with E-state index in [4.69, 9.17) is 16.2 Å². The van der Waals surface area contributed by atoms with Crippen LogP contribution in [-0.4, -0.2) is 7.11 Å². The van der Waals surface area contributed by atoms with Crippen LogP contribution in [-0.2, 0) is 4.74 Å². The van der Waals surface area contributed by atoms with Crippen LogP contribution in [0.25, 0.3) is 0 Å². The number of rotatable bonds is 6. The molecule has 2 rings (SSSR count). The van der Waals surface area contributed by atoms with Gasteiger partial charge in [0.1, 0.15) is 0 Å². The van der Waals surface area contributed by atoms with E-state index in [9.17, 15) is 0 Å². The van der Waals surface area contributed by atoms with E-state index in [1.54, 1.807) is 13.4 Å². The van der Waals surface area contributed by atoms with Gasteiger partial charge in [0.25, 0.3) is 0 Å². The zero-order chi connectivity index (χ0) is 17.7. The molecule has 0 heterocycles. The van der Waals surface area contributed by atoms with Crippen LogP contribution in [0.5, 0.6) is 0 Å². The maximum absolute atomic E-state index is 5.98. The number of nitrogens with two attached hydrogens (primary N) is 2. The van der Waals surface area contributed by atoms with Crippen LogP contribution in [0.15, 0.2) is 60.9 Å². The lowest BCUT2D eigenvalue weighted by molar-refractivity contribution is 0.337. The van der Waals surface area contributed by atoms with E-state index in [0.29, 0.717) is 0 Å². The van der Waals surface area contributed by atoms with Gasteiger partial charge in [0.05, 0.1) is 13.4 Å². The first-order chi connectivity index (χ1) is 11.4. The topological polar surface area (TPSA) is 61.3 Å². The minimum Gasteiger partial charge on any atom is -0.504 e. The number of methoxy groups -OCH3 is 1. The van der Waals surface area contributed by atoms with Crippen molar-refractivity contribution in [1.29, 1.82) is 0 Å². The SMILES string of the molecule is C=C(/C=C\OC)CC(c1ccc(N)c(C)c1)c1ccc(N)c(C)c1. The Morgan fingerprint density at radius 3 is 1.96 bits per heavy atom. The lowest BCUT2D eigenvalue weighted by Crippen LogP contribution is -2.05. The second-order valence-corrected chi connectivity index (χ2v) is 6.19. The Bertz CT molecular complexity index is 711. The summed E-state index contributed by atoms with van der Waals surface area (Å²) in [7, 11) is 1.63. The molecule has 24 heavy (non-hydrogen) atoms. The molecule has 0 spiro atoms. The summed E-state index contributed by atoms with van der Waals surface area (Å²) in [6, 6.07) is 12.4. The number of benzene rings is 2. The van der Waals surface area contributed by atoms with Crippen molar-refractivity contribution < 1.29 is 4.74 Å². The number of aryl methyl sites for hydroxylation is 2. The Morgan fingerprint density at radius 2 is 1.54 bits per heavy atom. The van der Waals surface area contributed by atoms with Gasteiger partial charge in [0.15, 0.2) is 0 Å². The molecule has 0 amide bonds. The minimum absolute atomic E-state index is 0.192. The monoisotopic (exact) mass is 322 g/mol. The van der Waals surface area contributed by atoms with Crippen molar-refractivity contribution in [3.05, 3.63) is 83.1 Å². The quantitative estimate of drug-likeness (QED) is 0.460. The Kier molecular flexibility index (Phi) is 5.69. The Labute approximate surface area is 144 Å². The molecular weight excluding hydrogens is 296 g/mol. The van der Waals surface area contributed by atoms with Gasteiger partial charge in [0, 0.05) is 17.3 Å². The first-order valence-electron chi connectivity index (χ1n) is 8.01. The second-order valence-electron chi connectivity index (χ2n) is 6.19. The number of anilines is 2. The molecule has 0 aliphatic carbocycles. The maximum atomic E-state index is 5.98. The highest BCUT2D eigenvalue weighted by molar-refractivity contribution is 5.53. The summed E-state index contributed by atoms with van der Waals surface area (Å²) in [6.07, 6.45) is 4.36. The number of hydrogen-bond acceptors (Lipinski definition) is 3. The molecule has 126 valence electrons. The summed E-state index contributed by atoms with van der Waals surface area (Å²) in [6.45, 7) is 8.21. The Hall–Kier alpha value is -2.68. The third-order valence-corrected chi connectivity index (χ3v) is 4.30. The van der Waals surface area contributed by atoms with E-state index in [0.717, 1.165) is 34.5 Å². The summed E-state index contributed by atoms with van der Waals surface area (Å²) < 4.78 is 5.00. The molecule has 0 aromatic heterocycles. The second kappa shape index (κ2) is 7.73. The fourth-order valence-corrected chi connectivity index (χ4v) is 2.75. The van der Waals surface area contributed by atoms with Crippen molar-refractivity contribution in [2.24, 2.45) is 0 Å². The average Bonchev–Trinajstić information content (AvgIpc) is 2.56. The first kappa shape index (κ1) is 17.7. The smallest absolute Gasteiger partial charge is 0.0827 e. The van der Waals surface area contributed by atoms with Gasteiger partial charge in [-0.05, 0) is 60.7 Å². The van der Waals surface area contributed by atoms with E-state index in [1.165, 1.54) is 11.1 Å². The molecule has 0 fully saturated rings. The van der Waals surface area contributed by atoms with Gasteiger partial charge in [-0.2, -0.15) is 0 Å². The van der Waals surface area contributed by atoms with Crippen LogP contribution in [0.1, 0.15) is 34.6 Å². The van der Waals surface area contributed by atoms with Gasteiger partial charge in [0.2, 0.25) is 0 Å². The number of ether oxygens (including phenoxy) is 1. The summed E-state index contributed by atoms with van der Waals surface area (Å²) in [5, 5.41) is 0. The number of hydrogen-bond donors (Lipinski definition) is 2. The molecule has 0 atom stereocenters. The molecule has 0 saturated carbocycles. The zero-order valence-corrected chi connectivity index (χ0v) is 14.7. The molecule has 0 unspecified atom stereocenters. The average molecular weight is 322 g/mol. The Morgan fingerprint density at radius 1 is 1.04 bits per heavy atom. The largest absolute Gasteiger partial charge is 0.504 e. The van der Waals surface area contributed by atoms with Crippen molar-refractivity contribution in [3.63, 3.8) is 0 Å². The molecule has 0 saturated heterocycles. The zero-order valence-electron chi connectivity index (χ0n) is 14.7. The fraction of sp³-hybridized carbons (Fsp3) is 0.238. The van der Waals surface area contributed by atoms with Crippen LogP contribution in [0.3, 0.4) is 0 Å².